The third kappa shape index (κ3) is 3.77. The first-order chi connectivity index (χ1) is 12.6. The number of carbonyl (C=O) groups excluding carboxylic acids is 1. The molecule has 3 rings (SSSR count). The van der Waals surface area contributed by atoms with Crippen molar-refractivity contribution in [3.8, 4) is 11.5 Å². The summed E-state index contributed by atoms with van der Waals surface area (Å²) in [5.74, 6) is 0.0193. The number of piperidine rings is 1. The zero-order valence-electron chi connectivity index (χ0n) is 14.5. The van der Waals surface area contributed by atoms with E-state index in [0.29, 0.717) is 11.4 Å². The minimum absolute atomic E-state index is 0.0821. The monoisotopic (exact) mass is 356 g/mol. The fourth-order valence-electron chi connectivity index (χ4n) is 3.06. The van der Waals surface area contributed by atoms with Gasteiger partial charge in [0.25, 0.3) is 5.69 Å². The fourth-order valence-corrected chi connectivity index (χ4v) is 3.06. The number of nitro groups is 1. The lowest BCUT2D eigenvalue weighted by Crippen LogP contribution is -2.30. The number of rotatable bonds is 5. The summed E-state index contributed by atoms with van der Waals surface area (Å²) in [6, 6.07) is 11.2. The van der Waals surface area contributed by atoms with E-state index >= 15 is 0 Å². The normalized spacial score (nSPS) is 14.0. The van der Waals surface area contributed by atoms with Gasteiger partial charge in [0.1, 0.15) is 5.69 Å². The Morgan fingerprint density at radius 2 is 1.77 bits per heavy atom. The van der Waals surface area contributed by atoms with Crippen molar-refractivity contribution < 1.29 is 19.2 Å². The molecule has 2 aromatic rings. The molecule has 0 aromatic heterocycles. The largest absolute Gasteiger partial charge is 0.493 e. The Bertz CT molecular complexity index is 815. The van der Waals surface area contributed by atoms with Gasteiger partial charge in [0.15, 0.2) is 11.5 Å². The van der Waals surface area contributed by atoms with Gasteiger partial charge in [0.2, 0.25) is 0 Å². The van der Waals surface area contributed by atoms with E-state index in [0.717, 1.165) is 32.4 Å². The van der Waals surface area contributed by atoms with Gasteiger partial charge in [-0.25, -0.2) is 4.79 Å². The lowest BCUT2D eigenvalue weighted by molar-refractivity contribution is -0.384. The van der Waals surface area contributed by atoms with E-state index in [1.807, 2.05) is 4.90 Å². The number of benzene rings is 2. The Balaban J connectivity index is 1.87. The van der Waals surface area contributed by atoms with Gasteiger partial charge in [-0.05, 0) is 43.5 Å². The molecule has 7 heteroatoms. The van der Waals surface area contributed by atoms with Crippen molar-refractivity contribution in [3.05, 3.63) is 58.1 Å². The highest BCUT2D eigenvalue weighted by Gasteiger charge is 2.24. The predicted molar refractivity (Wildman–Crippen MR) is 97.1 cm³/mol. The van der Waals surface area contributed by atoms with E-state index < -0.39 is 10.9 Å². The van der Waals surface area contributed by atoms with Crippen LogP contribution in [0.4, 0.5) is 11.4 Å². The molecule has 2 aromatic carbocycles. The third-order valence-corrected chi connectivity index (χ3v) is 4.38. The predicted octanol–water partition coefficient (Wildman–Crippen LogP) is 3.81. The Morgan fingerprint density at radius 3 is 2.42 bits per heavy atom. The van der Waals surface area contributed by atoms with Gasteiger partial charge in [0, 0.05) is 19.2 Å². The average molecular weight is 356 g/mol. The average Bonchev–Trinajstić information content (AvgIpc) is 2.68. The van der Waals surface area contributed by atoms with Crippen molar-refractivity contribution >= 4 is 17.3 Å². The maximum atomic E-state index is 12.4. The van der Waals surface area contributed by atoms with Crippen LogP contribution in [0.2, 0.25) is 0 Å². The van der Waals surface area contributed by atoms with Gasteiger partial charge >= 0.3 is 5.97 Å². The minimum Gasteiger partial charge on any atom is -0.493 e. The lowest BCUT2D eigenvalue weighted by atomic mass is 10.1. The Kier molecular flexibility index (Phi) is 5.36. The maximum absolute atomic E-state index is 12.4. The molecule has 0 aliphatic carbocycles. The molecular formula is C19H20N2O5. The van der Waals surface area contributed by atoms with Gasteiger partial charge in [-0.1, -0.05) is 12.1 Å². The van der Waals surface area contributed by atoms with Crippen LogP contribution in [0.5, 0.6) is 11.5 Å². The van der Waals surface area contributed by atoms with Crippen LogP contribution in [-0.4, -0.2) is 31.1 Å². The smallest absolute Gasteiger partial charge is 0.343 e. The maximum Gasteiger partial charge on any atom is 0.343 e. The number of anilines is 1. The highest BCUT2D eigenvalue weighted by atomic mass is 16.6. The second-order valence-corrected chi connectivity index (χ2v) is 6.05. The Hall–Kier alpha value is -3.09. The summed E-state index contributed by atoms with van der Waals surface area (Å²) >= 11 is 0. The quantitative estimate of drug-likeness (QED) is 0.351. The van der Waals surface area contributed by atoms with Crippen LogP contribution in [0.3, 0.4) is 0 Å². The molecule has 0 atom stereocenters. The number of hydrogen-bond acceptors (Lipinski definition) is 6. The van der Waals surface area contributed by atoms with Crippen molar-refractivity contribution in [2.24, 2.45) is 0 Å². The fraction of sp³-hybridized carbons (Fsp3) is 0.316. The first-order valence-corrected chi connectivity index (χ1v) is 8.48. The number of ether oxygens (including phenoxy) is 2. The molecular weight excluding hydrogens is 336 g/mol. The molecule has 0 saturated carbocycles. The summed E-state index contributed by atoms with van der Waals surface area (Å²) in [6.07, 6.45) is 3.15. The van der Waals surface area contributed by atoms with Gasteiger partial charge < -0.3 is 14.4 Å². The molecule has 0 amide bonds. The summed E-state index contributed by atoms with van der Waals surface area (Å²) in [4.78, 5) is 25.5. The van der Waals surface area contributed by atoms with Gasteiger partial charge in [-0.2, -0.15) is 0 Å². The van der Waals surface area contributed by atoms with Gasteiger partial charge in [-0.15, -0.1) is 0 Å². The van der Waals surface area contributed by atoms with Crippen LogP contribution in [0, 0.1) is 10.1 Å². The Labute approximate surface area is 151 Å². The van der Waals surface area contributed by atoms with Gasteiger partial charge in [0.05, 0.1) is 17.6 Å². The summed E-state index contributed by atoms with van der Waals surface area (Å²) in [7, 11) is 1.48. The summed E-state index contributed by atoms with van der Waals surface area (Å²) in [6.45, 7) is 1.57. The number of carbonyl (C=O) groups is 1. The topological polar surface area (TPSA) is 81.9 Å². The molecule has 1 fully saturated rings. The van der Waals surface area contributed by atoms with Crippen molar-refractivity contribution in [2.45, 2.75) is 19.3 Å². The van der Waals surface area contributed by atoms with Crippen LogP contribution >= 0.6 is 0 Å². The third-order valence-electron chi connectivity index (χ3n) is 4.38. The molecule has 7 nitrogen and oxygen atoms in total. The molecule has 0 unspecified atom stereocenters. The molecule has 0 bridgehead atoms. The molecule has 136 valence electrons. The van der Waals surface area contributed by atoms with Crippen LogP contribution in [0.25, 0.3) is 0 Å². The molecule has 1 aliphatic heterocycles. The minimum atomic E-state index is -0.664. The van der Waals surface area contributed by atoms with E-state index in [-0.39, 0.29) is 17.0 Å². The summed E-state index contributed by atoms with van der Waals surface area (Å²) < 4.78 is 10.5. The Morgan fingerprint density at radius 1 is 1.08 bits per heavy atom. The zero-order chi connectivity index (χ0) is 18.5. The molecule has 0 radical (unpaired) electrons. The van der Waals surface area contributed by atoms with Crippen LogP contribution < -0.4 is 14.4 Å². The van der Waals surface area contributed by atoms with Crippen LogP contribution in [0.1, 0.15) is 29.6 Å². The molecule has 1 heterocycles. The van der Waals surface area contributed by atoms with Crippen LogP contribution in [-0.2, 0) is 0 Å². The lowest BCUT2D eigenvalue weighted by Gasteiger charge is -2.28. The van der Waals surface area contributed by atoms with Crippen molar-refractivity contribution in [3.63, 3.8) is 0 Å². The first-order valence-electron chi connectivity index (χ1n) is 8.48. The zero-order valence-corrected chi connectivity index (χ0v) is 14.5. The highest BCUT2D eigenvalue weighted by Crippen LogP contribution is 2.32. The van der Waals surface area contributed by atoms with Gasteiger partial charge in [-0.3, -0.25) is 10.1 Å². The summed E-state index contributed by atoms with van der Waals surface area (Å²) in [5.41, 5.74) is 0.591. The molecule has 26 heavy (non-hydrogen) atoms. The molecule has 0 spiro atoms. The van der Waals surface area contributed by atoms with Crippen molar-refractivity contribution in [1.29, 1.82) is 0 Å². The van der Waals surface area contributed by atoms with Crippen molar-refractivity contribution in [1.82, 2.24) is 0 Å². The second kappa shape index (κ2) is 7.86. The second-order valence-electron chi connectivity index (χ2n) is 6.05. The highest BCUT2D eigenvalue weighted by molar-refractivity contribution is 5.93. The van der Waals surface area contributed by atoms with Crippen molar-refractivity contribution in [2.75, 3.05) is 25.1 Å². The SMILES string of the molecule is COc1ccccc1OC(=O)c1ccc(N2CCCCC2)c([N+](=O)[O-])c1. The number of methoxy groups -OCH3 is 1. The van der Waals surface area contributed by atoms with E-state index in [2.05, 4.69) is 0 Å². The standard InChI is InChI=1S/C19H20N2O5/c1-25-17-7-3-4-8-18(17)26-19(22)14-9-10-15(16(13-14)21(23)24)20-11-5-2-6-12-20/h3-4,7-10,13H,2,5-6,11-12H2,1H3. The first kappa shape index (κ1) is 17.7. The van der Waals surface area contributed by atoms with E-state index in [1.54, 1.807) is 36.4 Å². The number of nitrogens with zero attached hydrogens (tertiary/aromatic N) is 2. The number of esters is 1. The summed E-state index contributed by atoms with van der Waals surface area (Å²) in [5, 5.41) is 11.5. The number of hydrogen-bond donors (Lipinski definition) is 0. The van der Waals surface area contributed by atoms with Crippen LogP contribution in [0.15, 0.2) is 42.5 Å². The van der Waals surface area contributed by atoms with E-state index in [1.165, 1.54) is 13.2 Å². The molecule has 1 saturated heterocycles. The van der Waals surface area contributed by atoms with E-state index in [4.69, 9.17) is 9.47 Å². The molecule has 1 aliphatic rings. The van der Waals surface area contributed by atoms with E-state index in [9.17, 15) is 14.9 Å². The number of para-hydroxylation sites is 2. The molecule has 0 N–H and O–H groups in total. The number of nitro benzene ring substituents is 1.